The van der Waals surface area contributed by atoms with Gasteiger partial charge in [0.25, 0.3) is 0 Å². The summed E-state index contributed by atoms with van der Waals surface area (Å²) in [4.78, 5) is 24.5. The maximum atomic E-state index is 12.0. The van der Waals surface area contributed by atoms with E-state index in [4.69, 9.17) is 28.3 Å². The van der Waals surface area contributed by atoms with Crippen molar-refractivity contribution in [2.24, 2.45) is 5.92 Å². The molecule has 1 amide bonds. The van der Waals surface area contributed by atoms with Gasteiger partial charge in [-0.2, -0.15) is 0 Å². The quantitative estimate of drug-likeness (QED) is 0.933. The average Bonchev–Trinajstić information content (AvgIpc) is 2.83. The van der Waals surface area contributed by atoms with Crippen molar-refractivity contribution in [2.45, 2.75) is 12.8 Å². The molecule has 19 heavy (non-hydrogen) atoms. The lowest BCUT2D eigenvalue weighted by Crippen LogP contribution is -2.31. The molecule has 0 bridgehead atoms. The maximum Gasteiger partial charge on any atom is 0.308 e. The monoisotopic (exact) mass is 301 g/mol. The van der Waals surface area contributed by atoms with Crippen LogP contribution < -0.4 is 0 Å². The number of carbonyl (C=O) groups is 2. The Labute approximate surface area is 120 Å². The van der Waals surface area contributed by atoms with Gasteiger partial charge < -0.3 is 10.0 Å². The van der Waals surface area contributed by atoms with Crippen molar-refractivity contribution in [1.29, 1.82) is 0 Å². The number of nitrogens with zero attached hydrogens (tertiary/aromatic N) is 1. The zero-order valence-corrected chi connectivity index (χ0v) is 11.6. The van der Waals surface area contributed by atoms with Crippen molar-refractivity contribution in [3.05, 3.63) is 33.8 Å². The topological polar surface area (TPSA) is 57.6 Å². The van der Waals surface area contributed by atoms with Crippen LogP contribution in [0.1, 0.15) is 12.0 Å². The van der Waals surface area contributed by atoms with E-state index in [-0.39, 0.29) is 18.9 Å². The number of amides is 1. The summed E-state index contributed by atoms with van der Waals surface area (Å²) in [5.41, 5.74) is 0.776. The van der Waals surface area contributed by atoms with Crippen molar-refractivity contribution >= 4 is 35.1 Å². The van der Waals surface area contributed by atoms with E-state index in [1.54, 1.807) is 23.1 Å². The first kappa shape index (κ1) is 14.2. The van der Waals surface area contributed by atoms with Crippen LogP contribution in [0.5, 0.6) is 0 Å². The van der Waals surface area contributed by atoms with Gasteiger partial charge in [0.05, 0.1) is 22.4 Å². The number of hydrogen-bond donors (Lipinski definition) is 1. The van der Waals surface area contributed by atoms with Crippen LogP contribution in [0.3, 0.4) is 0 Å². The summed E-state index contributed by atoms with van der Waals surface area (Å²) >= 11 is 11.7. The molecule has 1 aliphatic rings. The minimum absolute atomic E-state index is 0.0814. The number of likely N-dealkylation sites (tertiary alicyclic amines) is 1. The molecule has 102 valence electrons. The Kier molecular flexibility index (Phi) is 4.32. The molecule has 1 aliphatic heterocycles. The Hall–Kier alpha value is -1.26. The second kappa shape index (κ2) is 5.80. The lowest BCUT2D eigenvalue weighted by atomic mass is 10.1. The van der Waals surface area contributed by atoms with Crippen LogP contribution in [0, 0.1) is 5.92 Å². The first-order chi connectivity index (χ1) is 8.97. The third-order valence-corrected chi connectivity index (χ3v) is 3.97. The molecule has 1 aromatic carbocycles. The minimum Gasteiger partial charge on any atom is -0.481 e. The van der Waals surface area contributed by atoms with E-state index in [0.717, 1.165) is 5.56 Å². The summed E-state index contributed by atoms with van der Waals surface area (Å²) in [5.74, 6) is -1.37. The Morgan fingerprint density at radius 3 is 2.63 bits per heavy atom. The van der Waals surface area contributed by atoms with Crippen LogP contribution in [0.2, 0.25) is 10.0 Å². The highest BCUT2D eigenvalue weighted by molar-refractivity contribution is 6.42. The fourth-order valence-corrected chi connectivity index (χ4v) is 2.45. The van der Waals surface area contributed by atoms with Crippen LogP contribution in [0.15, 0.2) is 18.2 Å². The fourth-order valence-electron chi connectivity index (χ4n) is 2.12. The van der Waals surface area contributed by atoms with E-state index in [0.29, 0.717) is 23.0 Å². The van der Waals surface area contributed by atoms with Gasteiger partial charge in [0.2, 0.25) is 5.91 Å². The summed E-state index contributed by atoms with van der Waals surface area (Å²) in [6.45, 7) is 0.784. The smallest absolute Gasteiger partial charge is 0.308 e. The predicted molar refractivity (Wildman–Crippen MR) is 72.5 cm³/mol. The van der Waals surface area contributed by atoms with Crippen molar-refractivity contribution < 1.29 is 14.7 Å². The molecule has 2 rings (SSSR count). The van der Waals surface area contributed by atoms with Crippen molar-refractivity contribution in [1.82, 2.24) is 4.90 Å². The van der Waals surface area contributed by atoms with Crippen LogP contribution in [0.4, 0.5) is 0 Å². The summed E-state index contributed by atoms with van der Waals surface area (Å²) in [7, 11) is 0. The standard InChI is InChI=1S/C13H13Cl2NO3/c14-10-2-1-8(5-11(10)15)6-12(17)16-4-3-9(7-16)13(18)19/h1-2,5,9H,3-4,6-7H2,(H,18,19)/t9-/m1/s1. The summed E-state index contributed by atoms with van der Waals surface area (Å²) in [6, 6.07) is 5.06. The van der Waals surface area contributed by atoms with E-state index < -0.39 is 11.9 Å². The third-order valence-electron chi connectivity index (χ3n) is 3.23. The van der Waals surface area contributed by atoms with Gasteiger partial charge in [0.1, 0.15) is 0 Å². The van der Waals surface area contributed by atoms with Gasteiger partial charge in [-0.15, -0.1) is 0 Å². The molecule has 0 saturated carbocycles. The number of carbonyl (C=O) groups excluding carboxylic acids is 1. The van der Waals surface area contributed by atoms with Gasteiger partial charge >= 0.3 is 5.97 Å². The van der Waals surface area contributed by atoms with Gasteiger partial charge in [0, 0.05) is 13.1 Å². The Balaban J connectivity index is 1.98. The van der Waals surface area contributed by atoms with Gasteiger partial charge in [-0.05, 0) is 24.1 Å². The number of benzene rings is 1. The summed E-state index contributed by atoms with van der Waals surface area (Å²) in [6.07, 6.45) is 0.728. The molecule has 0 radical (unpaired) electrons. The lowest BCUT2D eigenvalue weighted by molar-refractivity contribution is -0.141. The summed E-state index contributed by atoms with van der Waals surface area (Å²) in [5, 5.41) is 9.76. The molecule has 1 N–H and O–H groups in total. The average molecular weight is 302 g/mol. The lowest BCUT2D eigenvalue weighted by Gasteiger charge is -2.15. The van der Waals surface area contributed by atoms with Gasteiger partial charge in [-0.25, -0.2) is 0 Å². The number of halogens is 2. The van der Waals surface area contributed by atoms with Crippen LogP contribution in [-0.4, -0.2) is 35.0 Å². The zero-order valence-electron chi connectivity index (χ0n) is 10.1. The zero-order chi connectivity index (χ0) is 14.0. The van der Waals surface area contributed by atoms with Crippen LogP contribution in [0.25, 0.3) is 0 Å². The van der Waals surface area contributed by atoms with E-state index in [9.17, 15) is 9.59 Å². The molecule has 1 atom stereocenters. The molecule has 0 aromatic heterocycles. The molecule has 1 saturated heterocycles. The number of hydrogen-bond acceptors (Lipinski definition) is 2. The molecule has 1 fully saturated rings. The highest BCUT2D eigenvalue weighted by Crippen LogP contribution is 2.24. The predicted octanol–water partition coefficient (Wildman–Crippen LogP) is 2.47. The molecule has 0 aliphatic carbocycles. The molecule has 0 spiro atoms. The minimum atomic E-state index is -0.843. The highest BCUT2D eigenvalue weighted by Gasteiger charge is 2.30. The van der Waals surface area contributed by atoms with Gasteiger partial charge in [-0.1, -0.05) is 29.3 Å². The van der Waals surface area contributed by atoms with Crippen molar-refractivity contribution in [2.75, 3.05) is 13.1 Å². The van der Waals surface area contributed by atoms with Crippen LogP contribution >= 0.6 is 23.2 Å². The van der Waals surface area contributed by atoms with E-state index in [1.807, 2.05) is 0 Å². The highest BCUT2D eigenvalue weighted by atomic mass is 35.5. The van der Waals surface area contributed by atoms with Gasteiger partial charge in [0.15, 0.2) is 0 Å². The molecule has 4 nitrogen and oxygen atoms in total. The largest absolute Gasteiger partial charge is 0.481 e. The second-order valence-corrected chi connectivity index (χ2v) is 5.40. The number of carboxylic acid groups (broad SMARTS) is 1. The van der Waals surface area contributed by atoms with Crippen LogP contribution in [-0.2, 0) is 16.0 Å². The van der Waals surface area contributed by atoms with Crippen molar-refractivity contribution in [3.8, 4) is 0 Å². The first-order valence-corrected chi connectivity index (χ1v) is 6.67. The Bertz CT molecular complexity index is 519. The van der Waals surface area contributed by atoms with E-state index in [1.165, 1.54) is 0 Å². The molecular weight excluding hydrogens is 289 g/mol. The molecule has 6 heteroatoms. The first-order valence-electron chi connectivity index (χ1n) is 5.92. The number of aliphatic carboxylic acids is 1. The number of carboxylic acids is 1. The molecule has 1 aromatic rings. The Morgan fingerprint density at radius 1 is 1.32 bits per heavy atom. The molecule has 0 unspecified atom stereocenters. The maximum absolute atomic E-state index is 12.0. The van der Waals surface area contributed by atoms with E-state index in [2.05, 4.69) is 0 Å². The normalized spacial score (nSPS) is 18.6. The Morgan fingerprint density at radius 2 is 2.05 bits per heavy atom. The van der Waals surface area contributed by atoms with Crippen molar-refractivity contribution in [3.63, 3.8) is 0 Å². The molecular formula is C13H13Cl2NO3. The second-order valence-electron chi connectivity index (χ2n) is 4.59. The summed E-state index contributed by atoms with van der Waals surface area (Å²) < 4.78 is 0. The van der Waals surface area contributed by atoms with Gasteiger partial charge in [-0.3, -0.25) is 9.59 Å². The fraction of sp³-hybridized carbons (Fsp3) is 0.385. The SMILES string of the molecule is O=C(O)[C@@H]1CCN(C(=O)Cc2ccc(Cl)c(Cl)c2)C1. The number of rotatable bonds is 3. The van der Waals surface area contributed by atoms with E-state index >= 15 is 0 Å². The molecule has 1 heterocycles. The third kappa shape index (κ3) is 3.39.